The molecule has 0 saturated carbocycles. The molecule has 1 aliphatic rings. The summed E-state index contributed by atoms with van der Waals surface area (Å²) < 4.78 is 10.6. The fourth-order valence-electron chi connectivity index (χ4n) is 3.11. The number of non-ortho nitro benzene ring substituents is 1. The van der Waals surface area contributed by atoms with Crippen LogP contribution in [0.15, 0.2) is 30.3 Å². The Morgan fingerprint density at radius 3 is 2.47 bits per heavy atom. The van der Waals surface area contributed by atoms with E-state index in [1.807, 2.05) is 0 Å². The first-order chi connectivity index (χ1) is 15.3. The van der Waals surface area contributed by atoms with Gasteiger partial charge in [-0.15, -0.1) is 0 Å². The van der Waals surface area contributed by atoms with Gasteiger partial charge < -0.3 is 35.6 Å². The van der Waals surface area contributed by atoms with E-state index in [0.717, 1.165) is 5.56 Å². The van der Waals surface area contributed by atoms with Crippen LogP contribution in [-0.4, -0.2) is 53.1 Å². The highest BCUT2D eigenvalue weighted by molar-refractivity contribution is 6.03. The second-order valence-electron chi connectivity index (χ2n) is 7.50. The maximum atomic E-state index is 13.1. The van der Waals surface area contributed by atoms with Crippen molar-refractivity contribution in [3.63, 3.8) is 0 Å². The van der Waals surface area contributed by atoms with Crippen LogP contribution in [0.2, 0.25) is 0 Å². The van der Waals surface area contributed by atoms with Gasteiger partial charge in [-0.1, -0.05) is 6.07 Å². The molecule has 1 amide bonds. The molecular weight excluding hydrogens is 420 g/mol. The Morgan fingerprint density at radius 2 is 1.78 bits per heavy atom. The number of carbonyl (C=O) groups is 1. The first kappa shape index (κ1) is 23.1. The Morgan fingerprint density at radius 1 is 1.09 bits per heavy atom. The lowest BCUT2D eigenvalue weighted by Crippen LogP contribution is -2.28. The number of nitrogens with zero attached hydrogens (tertiary/aromatic N) is 1. The number of nitro benzene ring substituents is 1. The minimum atomic E-state index is -0.595. The highest BCUT2D eigenvalue weighted by Gasteiger charge is 2.23. The van der Waals surface area contributed by atoms with E-state index in [1.54, 1.807) is 32.0 Å². The average Bonchev–Trinajstić information content (AvgIpc) is 3.25. The molecule has 2 aromatic carbocycles. The zero-order valence-corrected chi connectivity index (χ0v) is 17.8. The van der Waals surface area contributed by atoms with Crippen molar-refractivity contribution < 1.29 is 29.4 Å². The average molecular weight is 446 g/mol. The largest absolute Gasteiger partial charge is 0.454 e. The molecule has 0 aliphatic carbocycles. The maximum Gasteiger partial charge on any atom is 0.272 e. The Balaban J connectivity index is 1.91. The summed E-state index contributed by atoms with van der Waals surface area (Å²) in [5, 5.41) is 39.1. The molecule has 2 atom stereocenters. The molecule has 172 valence electrons. The smallest absolute Gasteiger partial charge is 0.272 e. The number of hydrogen-bond donors (Lipinski definition) is 5. The number of anilines is 2. The minimum Gasteiger partial charge on any atom is -0.454 e. The number of ether oxygens (including phenoxy) is 2. The summed E-state index contributed by atoms with van der Waals surface area (Å²) >= 11 is 0. The normalized spacial score (nSPS) is 13.9. The van der Waals surface area contributed by atoms with Gasteiger partial charge in [0.05, 0.1) is 35.1 Å². The van der Waals surface area contributed by atoms with E-state index in [9.17, 15) is 25.1 Å². The molecule has 5 N–H and O–H groups in total. The van der Waals surface area contributed by atoms with Gasteiger partial charge >= 0.3 is 0 Å². The van der Waals surface area contributed by atoms with E-state index in [0.29, 0.717) is 17.2 Å². The van der Waals surface area contributed by atoms with Crippen LogP contribution in [0.1, 0.15) is 29.8 Å². The molecule has 32 heavy (non-hydrogen) atoms. The number of carbonyl (C=O) groups excluding carboxylic acids is 1. The van der Waals surface area contributed by atoms with Gasteiger partial charge in [0, 0.05) is 30.8 Å². The molecular formula is C21H26N4O7. The zero-order valence-electron chi connectivity index (χ0n) is 17.8. The van der Waals surface area contributed by atoms with Crippen LogP contribution in [0.3, 0.4) is 0 Å². The SMILES string of the molecule is CC(CO)Nc1cc([N+](=O)[O-])cc(C(=O)NCc2ccc3c(c2)OCO3)c1NC(C)CO. The standard InChI is InChI=1S/C21H26N4O7/c1-12(9-26)23-17-7-15(25(29)30)6-16(20(17)24-13(2)10-27)21(28)22-8-14-3-4-18-19(5-14)32-11-31-18/h3-7,12-13,23-24,26-27H,8-11H2,1-2H3,(H,22,28). The first-order valence-corrected chi connectivity index (χ1v) is 10.1. The fourth-order valence-corrected chi connectivity index (χ4v) is 3.11. The summed E-state index contributed by atoms with van der Waals surface area (Å²) in [6.07, 6.45) is 0. The molecule has 0 saturated heterocycles. The summed E-state index contributed by atoms with van der Waals surface area (Å²) in [4.78, 5) is 23.9. The van der Waals surface area contributed by atoms with Gasteiger partial charge in [0.2, 0.25) is 6.79 Å². The molecule has 2 aromatic rings. The van der Waals surface area contributed by atoms with Crippen molar-refractivity contribution in [1.82, 2.24) is 5.32 Å². The van der Waals surface area contributed by atoms with Crippen molar-refractivity contribution in [2.75, 3.05) is 30.6 Å². The Hall–Kier alpha value is -3.57. The van der Waals surface area contributed by atoms with Gasteiger partial charge in [0.1, 0.15) is 0 Å². The third-order valence-corrected chi connectivity index (χ3v) is 4.81. The minimum absolute atomic E-state index is 0.0351. The van der Waals surface area contributed by atoms with Gasteiger partial charge in [-0.05, 0) is 31.5 Å². The number of fused-ring (bicyclic) bond motifs is 1. The summed E-state index contributed by atoms with van der Waals surface area (Å²) in [6, 6.07) is 6.88. The molecule has 2 unspecified atom stereocenters. The molecule has 11 nitrogen and oxygen atoms in total. The van der Waals surface area contributed by atoms with E-state index in [-0.39, 0.29) is 43.5 Å². The first-order valence-electron chi connectivity index (χ1n) is 10.1. The highest BCUT2D eigenvalue weighted by atomic mass is 16.7. The molecule has 11 heteroatoms. The number of amides is 1. The van der Waals surface area contributed by atoms with Gasteiger partial charge in [0.25, 0.3) is 11.6 Å². The monoisotopic (exact) mass is 446 g/mol. The zero-order chi connectivity index (χ0) is 23.3. The molecule has 1 heterocycles. The van der Waals surface area contributed by atoms with Crippen molar-refractivity contribution in [2.24, 2.45) is 0 Å². The summed E-state index contributed by atoms with van der Waals surface area (Å²) in [6.45, 7) is 3.25. The Bertz CT molecular complexity index is 998. The van der Waals surface area contributed by atoms with E-state index in [4.69, 9.17) is 9.47 Å². The van der Waals surface area contributed by atoms with Gasteiger partial charge in [-0.25, -0.2) is 0 Å². The van der Waals surface area contributed by atoms with Gasteiger partial charge in [-0.3, -0.25) is 14.9 Å². The summed E-state index contributed by atoms with van der Waals surface area (Å²) in [7, 11) is 0. The topological polar surface area (TPSA) is 155 Å². The third kappa shape index (κ3) is 5.37. The third-order valence-electron chi connectivity index (χ3n) is 4.81. The molecule has 0 spiro atoms. The lowest BCUT2D eigenvalue weighted by Gasteiger charge is -2.22. The number of hydrogen-bond acceptors (Lipinski definition) is 9. The molecule has 0 bridgehead atoms. The number of aliphatic hydroxyl groups is 2. The van der Waals surface area contributed by atoms with Gasteiger partial charge in [-0.2, -0.15) is 0 Å². The number of nitrogens with one attached hydrogen (secondary N) is 3. The molecule has 3 rings (SSSR count). The molecule has 0 radical (unpaired) electrons. The van der Waals surface area contributed by atoms with E-state index < -0.39 is 22.9 Å². The fraction of sp³-hybridized carbons (Fsp3) is 0.381. The lowest BCUT2D eigenvalue weighted by molar-refractivity contribution is -0.384. The van der Waals surface area contributed by atoms with E-state index in [2.05, 4.69) is 16.0 Å². The number of aliphatic hydroxyl groups excluding tert-OH is 2. The maximum absolute atomic E-state index is 13.1. The van der Waals surface area contributed by atoms with E-state index >= 15 is 0 Å². The van der Waals surface area contributed by atoms with Crippen molar-refractivity contribution in [2.45, 2.75) is 32.5 Å². The number of nitro groups is 1. The van der Waals surface area contributed by atoms with Crippen molar-refractivity contribution >= 4 is 23.0 Å². The molecule has 1 aliphatic heterocycles. The van der Waals surface area contributed by atoms with Crippen molar-refractivity contribution in [3.8, 4) is 11.5 Å². The molecule has 0 fully saturated rings. The highest BCUT2D eigenvalue weighted by Crippen LogP contribution is 2.34. The van der Waals surface area contributed by atoms with Crippen LogP contribution in [0.4, 0.5) is 17.1 Å². The van der Waals surface area contributed by atoms with Crippen molar-refractivity contribution in [3.05, 3.63) is 51.6 Å². The van der Waals surface area contributed by atoms with Crippen molar-refractivity contribution in [1.29, 1.82) is 0 Å². The lowest BCUT2D eigenvalue weighted by atomic mass is 10.1. The number of rotatable bonds is 10. The van der Waals surface area contributed by atoms with Crippen LogP contribution in [0, 0.1) is 10.1 Å². The van der Waals surface area contributed by atoms with Crippen LogP contribution < -0.4 is 25.4 Å². The van der Waals surface area contributed by atoms with Crippen LogP contribution in [-0.2, 0) is 6.54 Å². The Kier molecular flexibility index (Phi) is 7.33. The predicted octanol–water partition coefficient (Wildman–Crippen LogP) is 1.84. The quantitative estimate of drug-likeness (QED) is 0.271. The van der Waals surface area contributed by atoms with Crippen LogP contribution in [0.5, 0.6) is 11.5 Å². The summed E-state index contributed by atoms with van der Waals surface area (Å²) in [5.74, 6) is 0.659. The van der Waals surface area contributed by atoms with Crippen LogP contribution >= 0.6 is 0 Å². The second-order valence-corrected chi connectivity index (χ2v) is 7.50. The predicted molar refractivity (Wildman–Crippen MR) is 117 cm³/mol. The Labute approximate surface area is 184 Å². The molecule has 0 aromatic heterocycles. The summed E-state index contributed by atoms with van der Waals surface area (Å²) in [5.41, 5.74) is 1.08. The second kappa shape index (κ2) is 10.2. The number of benzene rings is 2. The van der Waals surface area contributed by atoms with Crippen LogP contribution in [0.25, 0.3) is 0 Å². The van der Waals surface area contributed by atoms with Gasteiger partial charge in [0.15, 0.2) is 11.5 Å². The van der Waals surface area contributed by atoms with E-state index in [1.165, 1.54) is 12.1 Å².